The van der Waals surface area contributed by atoms with Crippen LogP contribution in [0.1, 0.15) is 0 Å². The average molecular weight is 200 g/mol. The van der Waals surface area contributed by atoms with E-state index in [0.717, 1.165) is 31.3 Å². The SMILES string of the molecule is CN(C)C(=S)/C=C/N1CCOCC1. The van der Waals surface area contributed by atoms with Crippen LogP contribution in [0.4, 0.5) is 0 Å². The van der Waals surface area contributed by atoms with E-state index in [2.05, 4.69) is 4.90 Å². The molecule has 0 atom stereocenters. The molecule has 0 unspecified atom stereocenters. The number of hydrogen-bond donors (Lipinski definition) is 0. The lowest BCUT2D eigenvalue weighted by atomic mass is 10.4. The lowest BCUT2D eigenvalue weighted by molar-refractivity contribution is 0.0594. The normalized spacial score (nSPS) is 17.8. The molecule has 0 aliphatic carbocycles. The van der Waals surface area contributed by atoms with Gasteiger partial charge in [-0.3, -0.25) is 0 Å². The second kappa shape index (κ2) is 5.19. The van der Waals surface area contributed by atoms with Gasteiger partial charge in [-0.25, -0.2) is 0 Å². The van der Waals surface area contributed by atoms with Crippen molar-refractivity contribution in [2.45, 2.75) is 0 Å². The molecule has 1 aliphatic heterocycles. The molecule has 0 N–H and O–H groups in total. The Morgan fingerprint density at radius 1 is 1.38 bits per heavy atom. The summed E-state index contributed by atoms with van der Waals surface area (Å²) < 4.78 is 5.24. The van der Waals surface area contributed by atoms with Gasteiger partial charge in [0.1, 0.15) is 4.99 Å². The molecule has 1 heterocycles. The largest absolute Gasteiger partial charge is 0.378 e. The van der Waals surface area contributed by atoms with Crippen LogP contribution in [0.25, 0.3) is 0 Å². The van der Waals surface area contributed by atoms with Gasteiger partial charge in [0.05, 0.1) is 13.2 Å². The van der Waals surface area contributed by atoms with Crippen molar-refractivity contribution in [2.75, 3.05) is 40.4 Å². The predicted octanol–water partition coefficient (Wildman–Crippen LogP) is 0.721. The van der Waals surface area contributed by atoms with Crippen LogP contribution in [0.5, 0.6) is 0 Å². The molecular weight excluding hydrogens is 184 g/mol. The van der Waals surface area contributed by atoms with E-state index >= 15 is 0 Å². The molecule has 0 aromatic heterocycles. The Labute approximate surface area is 85.0 Å². The first-order valence-electron chi connectivity index (χ1n) is 4.41. The number of nitrogens with zero attached hydrogens (tertiary/aromatic N) is 2. The monoisotopic (exact) mass is 200 g/mol. The van der Waals surface area contributed by atoms with Gasteiger partial charge in [-0.15, -0.1) is 0 Å². The van der Waals surface area contributed by atoms with Crippen molar-refractivity contribution < 1.29 is 4.74 Å². The maximum Gasteiger partial charge on any atom is 0.102 e. The van der Waals surface area contributed by atoms with E-state index in [4.69, 9.17) is 17.0 Å². The van der Waals surface area contributed by atoms with Gasteiger partial charge in [0.2, 0.25) is 0 Å². The van der Waals surface area contributed by atoms with Gasteiger partial charge in [0.15, 0.2) is 0 Å². The molecule has 4 heteroatoms. The summed E-state index contributed by atoms with van der Waals surface area (Å²) in [6, 6.07) is 0. The average Bonchev–Trinajstić information content (AvgIpc) is 2.15. The van der Waals surface area contributed by atoms with Crippen molar-refractivity contribution in [3.8, 4) is 0 Å². The molecule has 0 spiro atoms. The van der Waals surface area contributed by atoms with Crippen LogP contribution in [0.3, 0.4) is 0 Å². The highest BCUT2D eigenvalue weighted by Gasteiger charge is 2.05. The lowest BCUT2D eigenvalue weighted by Gasteiger charge is -2.25. The van der Waals surface area contributed by atoms with E-state index < -0.39 is 0 Å². The van der Waals surface area contributed by atoms with Crippen molar-refractivity contribution in [1.82, 2.24) is 9.80 Å². The highest BCUT2D eigenvalue weighted by molar-refractivity contribution is 7.80. The van der Waals surface area contributed by atoms with Crippen LogP contribution in [0, 0.1) is 0 Å². The molecule has 0 aromatic rings. The fourth-order valence-electron chi connectivity index (χ4n) is 1.04. The van der Waals surface area contributed by atoms with Crippen LogP contribution in [0.15, 0.2) is 12.3 Å². The summed E-state index contributed by atoms with van der Waals surface area (Å²) >= 11 is 5.13. The third-order valence-electron chi connectivity index (χ3n) is 1.91. The summed E-state index contributed by atoms with van der Waals surface area (Å²) in [5, 5.41) is 0. The van der Waals surface area contributed by atoms with Crippen molar-refractivity contribution in [3.05, 3.63) is 12.3 Å². The molecular formula is C9H16N2OS. The molecule has 0 aromatic carbocycles. The van der Waals surface area contributed by atoms with E-state index in [-0.39, 0.29) is 0 Å². The van der Waals surface area contributed by atoms with Crippen molar-refractivity contribution >= 4 is 17.2 Å². The molecule has 1 fully saturated rings. The van der Waals surface area contributed by atoms with Gasteiger partial charge in [0, 0.05) is 33.4 Å². The Hall–Kier alpha value is -0.610. The zero-order valence-corrected chi connectivity index (χ0v) is 9.01. The zero-order chi connectivity index (χ0) is 9.68. The lowest BCUT2D eigenvalue weighted by Crippen LogP contribution is -2.32. The molecule has 0 bridgehead atoms. The molecule has 0 amide bonds. The van der Waals surface area contributed by atoms with E-state index in [1.165, 1.54) is 0 Å². The van der Waals surface area contributed by atoms with Gasteiger partial charge < -0.3 is 14.5 Å². The topological polar surface area (TPSA) is 15.7 Å². The Kier molecular flexibility index (Phi) is 4.18. The van der Waals surface area contributed by atoms with Gasteiger partial charge in [-0.05, 0) is 6.08 Å². The van der Waals surface area contributed by atoms with Gasteiger partial charge in [-0.1, -0.05) is 12.2 Å². The highest BCUT2D eigenvalue weighted by atomic mass is 32.1. The smallest absolute Gasteiger partial charge is 0.102 e. The van der Waals surface area contributed by atoms with E-state index in [0.29, 0.717) is 0 Å². The maximum atomic E-state index is 5.24. The van der Waals surface area contributed by atoms with Crippen LogP contribution >= 0.6 is 12.2 Å². The fourth-order valence-corrected chi connectivity index (χ4v) is 1.11. The van der Waals surface area contributed by atoms with Crippen molar-refractivity contribution in [3.63, 3.8) is 0 Å². The first-order chi connectivity index (χ1) is 6.20. The fraction of sp³-hybridized carbons (Fsp3) is 0.667. The van der Waals surface area contributed by atoms with E-state index in [9.17, 15) is 0 Å². The Morgan fingerprint density at radius 2 is 2.00 bits per heavy atom. The second-order valence-electron chi connectivity index (χ2n) is 3.20. The van der Waals surface area contributed by atoms with Gasteiger partial charge >= 0.3 is 0 Å². The van der Waals surface area contributed by atoms with Crippen LogP contribution in [-0.2, 0) is 4.74 Å². The number of thiocarbonyl (C=S) groups is 1. The minimum absolute atomic E-state index is 0.819. The number of rotatable bonds is 2. The minimum atomic E-state index is 0.819. The Balaban J connectivity index is 2.33. The molecule has 1 rings (SSSR count). The van der Waals surface area contributed by atoms with Crippen molar-refractivity contribution in [2.24, 2.45) is 0 Å². The molecule has 3 nitrogen and oxygen atoms in total. The quantitative estimate of drug-likeness (QED) is 0.482. The molecule has 13 heavy (non-hydrogen) atoms. The molecule has 74 valence electrons. The number of likely N-dealkylation sites (N-methyl/N-ethyl adjacent to an activating group) is 1. The Morgan fingerprint density at radius 3 is 2.54 bits per heavy atom. The van der Waals surface area contributed by atoms with Crippen molar-refractivity contribution in [1.29, 1.82) is 0 Å². The van der Waals surface area contributed by atoms with E-state index in [1.807, 2.05) is 31.3 Å². The van der Waals surface area contributed by atoms with Crippen LogP contribution in [-0.4, -0.2) is 55.2 Å². The summed E-state index contributed by atoms with van der Waals surface area (Å²) in [5.41, 5.74) is 0. The van der Waals surface area contributed by atoms with Crippen LogP contribution in [0.2, 0.25) is 0 Å². The van der Waals surface area contributed by atoms with E-state index in [1.54, 1.807) is 0 Å². The standard InChI is InChI=1S/C9H16N2OS/c1-10(2)9(13)3-4-11-5-7-12-8-6-11/h3-4H,5-8H2,1-2H3/b4-3+. The summed E-state index contributed by atoms with van der Waals surface area (Å²) in [5.74, 6) is 0. The number of hydrogen-bond acceptors (Lipinski definition) is 3. The maximum absolute atomic E-state index is 5.24. The highest BCUT2D eigenvalue weighted by Crippen LogP contribution is 1.98. The molecule has 1 aliphatic rings. The predicted molar refractivity (Wildman–Crippen MR) is 57.8 cm³/mol. The molecule has 0 radical (unpaired) electrons. The Bertz CT molecular complexity index is 198. The zero-order valence-electron chi connectivity index (χ0n) is 8.19. The summed E-state index contributed by atoms with van der Waals surface area (Å²) in [6.45, 7) is 3.57. The second-order valence-corrected chi connectivity index (χ2v) is 3.62. The third kappa shape index (κ3) is 3.74. The van der Waals surface area contributed by atoms with Crippen LogP contribution < -0.4 is 0 Å². The summed E-state index contributed by atoms with van der Waals surface area (Å²) in [7, 11) is 3.90. The first-order valence-corrected chi connectivity index (χ1v) is 4.82. The third-order valence-corrected chi connectivity index (χ3v) is 2.42. The minimum Gasteiger partial charge on any atom is -0.378 e. The molecule has 1 saturated heterocycles. The van der Waals surface area contributed by atoms with Gasteiger partial charge in [0.25, 0.3) is 0 Å². The first kappa shape index (κ1) is 10.5. The number of ether oxygens (including phenoxy) is 1. The van der Waals surface area contributed by atoms with Gasteiger partial charge in [-0.2, -0.15) is 0 Å². The number of morpholine rings is 1. The molecule has 0 saturated carbocycles. The summed E-state index contributed by atoms with van der Waals surface area (Å²) in [6.07, 6.45) is 4.01. The summed E-state index contributed by atoms with van der Waals surface area (Å²) in [4.78, 5) is 5.00.